The first-order chi connectivity index (χ1) is 10.7. The van der Waals surface area contributed by atoms with Gasteiger partial charge in [-0.3, -0.25) is 4.79 Å². The second-order valence-electron chi connectivity index (χ2n) is 5.55. The van der Waals surface area contributed by atoms with Gasteiger partial charge in [0.15, 0.2) is 0 Å². The van der Waals surface area contributed by atoms with E-state index in [1.54, 1.807) is 4.90 Å². The number of nitrogens with zero attached hydrogens (tertiary/aromatic N) is 2. The van der Waals surface area contributed by atoms with Crippen molar-refractivity contribution in [3.05, 3.63) is 72.4 Å². The van der Waals surface area contributed by atoms with Gasteiger partial charge in [-0.15, -0.1) is 0 Å². The molecule has 3 aromatic rings. The Balaban J connectivity index is 1.60. The monoisotopic (exact) mass is 292 g/mol. The summed E-state index contributed by atoms with van der Waals surface area (Å²) in [6.45, 7) is 1.37. The number of hydrogen-bond acceptors (Lipinski definition) is 1. The number of rotatable bonds is 5. The van der Waals surface area contributed by atoms with Gasteiger partial charge in [-0.2, -0.15) is 0 Å². The standard InChI is InChI=1S/C19H20N2O/c1-20(15-16-7-3-2-4-8-16)19(22)12-14-21-13-11-17-9-5-6-10-18(17)21/h2-11,13H,12,14-15H2,1H3. The van der Waals surface area contributed by atoms with Crippen LogP contribution in [0.5, 0.6) is 0 Å². The fourth-order valence-corrected chi connectivity index (χ4v) is 2.69. The van der Waals surface area contributed by atoms with Gasteiger partial charge in [0.2, 0.25) is 5.91 Å². The van der Waals surface area contributed by atoms with E-state index in [4.69, 9.17) is 0 Å². The molecule has 3 nitrogen and oxygen atoms in total. The summed E-state index contributed by atoms with van der Waals surface area (Å²) >= 11 is 0. The van der Waals surface area contributed by atoms with E-state index in [9.17, 15) is 4.79 Å². The molecule has 0 bridgehead atoms. The maximum Gasteiger partial charge on any atom is 0.224 e. The molecule has 0 radical (unpaired) electrons. The lowest BCUT2D eigenvalue weighted by atomic mass is 10.2. The molecule has 0 spiro atoms. The van der Waals surface area contributed by atoms with Crippen LogP contribution >= 0.6 is 0 Å². The van der Waals surface area contributed by atoms with Gasteiger partial charge in [0.05, 0.1) is 0 Å². The molecule has 0 aliphatic heterocycles. The fraction of sp³-hybridized carbons (Fsp3) is 0.211. The smallest absolute Gasteiger partial charge is 0.224 e. The van der Waals surface area contributed by atoms with E-state index in [1.807, 2.05) is 49.5 Å². The van der Waals surface area contributed by atoms with Gasteiger partial charge in [-0.25, -0.2) is 0 Å². The topological polar surface area (TPSA) is 25.2 Å². The highest BCUT2D eigenvalue weighted by atomic mass is 16.2. The lowest BCUT2D eigenvalue weighted by molar-refractivity contribution is -0.130. The summed E-state index contributed by atoms with van der Waals surface area (Å²) in [5.41, 5.74) is 2.34. The van der Waals surface area contributed by atoms with E-state index >= 15 is 0 Å². The van der Waals surface area contributed by atoms with Crippen molar-refractivity contribution in [3.8, 4) is 0 Å². The van der Waals surface area contributed by atoms with Crippen molar-refractivity contribution in [1.82, 2.24) is 9.47 Å². The predicted molar refractivity (Wildman–Crippen MR) is 89.5 cm³/mol. The fourth-order valence-electron chi connectivity index (χ4n) is 2.69. The average Bonchev–Trinajstić information content (AvgIpc) is 2.97. The number of hydrogen-bond donors (Lipinski definition) is 0. The molecule has 112 valence electrons. The van der Waals surface area contributed by atoms with Crippen LogP contribution in [0.15, 0.2) is 66.9 Å². The van der Waals surface area contributed by atoms with E-state index in [0.29, 0.717) is 19.5 Å². The molecule has 1 heterocycles. The summed E-state index contributed by atoms with van der Waals surface area (Å²) < 4.78 is 2.14. The Hall–Kier alpha value is -2.55. The zero-order chi connectivity index (χ0) is 15.4. The van der Waals surface area contributed by atoms with E-state index < -0.39 is 0 Å². The molecule has 0 atom stereocenters. The lowest BCUT2D eigenvalue weighted by Crippen LogP contribution is -2.26. The molecule has 0 N–H and O–H groups in total. The number of amides is 1. The number of benzene rings is 2. The van der Waals surface area contributed by atoms with Crippen molar-refractivity contribution in [3.63, 3.8) is 0 Å². The van der Waals surface area contributed by atoms with Crippen LogP contribution in [0.4, 0.5) is 0 Å². The van der Waals surface area contributed by atoms with Crippen LogP contribution in [0.25, 0.3) is 10.9 Å². The van der Waals surface area contributed by atoms with Gasteiger partial charge in [0, 0.05) is 38.3 Å². The Kier molecular flexibility index (Phi) is 4.24. The highest BCUT2D eigenvalue weighted by molar-refractivity contribution is 5.80. The molecule has 0 aliphatic rings. The van der Waals surface area contributed by atoms with Crippen LogP contribution in [0.3, 0.4) is 0 Å². The lowest BCUT2D eigenvalue weighted by Gasteiger charge is -2.17. The van der Waals surface area contributed by atoms with Crippen LogP contribution in [-0.4, -0.2) is 22.4 Å². The molecule has 0 saturated heterocycles. The average molecular weight is 292 g/mol. The minimum absolute atomic E-state index is 0.168. The molecule has 1 aromatic heterocycles. The summed E-state index contributed by atoms with van der Waals surface area (Å²) in [6, 6.07) is 20.4. The van der Waals surface area contributed by atoms with Crippen molar-refractivity contribution in [2.45, 2.75) is 19.5 Å². The van der Waals surface area contributed by atoms with Crippen molar-refractivity contribution in [2.24, 2.45) is 0 Å². The van der Waals surface area contributed by atoms with Gasteiger partial charge < -0.3 is 9.47 Å². The third kappa shape index (κ3) is 3.19. The molecular formula is C19H20N2O. The Morgan fingerprint density at radius 2 is 1.73 bits per heavy atom. The second kappa shape index (κ2) is 6.48. The van der Waals surface area contributed by atoms with Crippen molar-refractivity contribution < 1.29 is 4.79 Å². The minimum atomic E-state index is 0.168. The molecular weight excluding hydrogens is 272 g/mol. The zero-order valence-electron chi connectivity index (χ0n) is 12.8. The number of para-hydroxylation sites is 1. The second-order valence-corrected chi connectivity index (χ2v) is 5.55. The third-order valence-corrected chi connectivity index (χ3v) is 3.94. The highest BCUT2D eigenvalue weighted by Gasteiger charge is 2.10. The van der Waals surface area contributed by atoms with E-state index in [1.165, 1.54) is 10.9 Å². The summed E-state index contributed by atoms with van der Waals surface area (Å²) in [5.74, 6) is 0.168. The minimum Gasteiger partial charge on any atom is -0.347 e. The normalized spacial score (nSPS) is 10.8. The molecule has 0 saturated carbocycles. The van der Waals surface area contributed by atoms with Gasteiger partial charge in [0.1, 0.15) is 0 Å². The van der Waals surface area contributed by atoms with Crippen molar-refractivity contribution in [1.29, 1.82) is 0 Å². The SMILES string of the molecule is CN(Cc1ccccc1)C(=O)CCn1ccc2ccccc21. The molecule has 3 rings (SSSR count). The van der Waals surface area contributed by atoms with E-state index in [-0.39, 0.29) is 5.91 Å². The zero-order valence-corrected chi connectivity index (χ0v) is 12.8. The maximum atomic E-state index is 12.3. The molecule has 1 amide bonds. The van der Waals surface area contributed by atoms with Crippen molar-refractivity contribution >= 4 is 16.8 Å². The number of aryl methyl sites for hydroxylation is 1. The summed E-state index contributed by atoms with van der Waals surface area (Å²) in [7, 11) is 1.86. The molecule has 3 heteroatoms. The summed E-state index contributed by atoms with van der Waals surface area (Å²) in [4.78, 5) is 14.1. The van der Waals surface area contributed by atoms with Gasteiger partial charge in [-0.1, -0.05) is 48.5 Å². The Bertz CT molecular complexity index is 761. The number of carbonyl (C=O) groups excluding carboxylic acids is 1. The van der Waals surface area contributed by atoms with Gasteiger partial charge >= 0.3 is 0 Å². The molecule has 2 aromatic carbocycles. The van der Waals surface area contributed by atoms with Crippen LogP contribution in [0, 0.1) is 0 Å². The first kappa shape index (κ1) is 14.4. The van der Waals surface area contributed by atoms with Crippen LogP contribution < -0.4 is 0 Å². The first-order valence-corrected chi connectivity index (χ1v) is 7.56. The Morgan fingerprint density at radius 1 is 1.00 bits per heavy atom. The highest BCUT2D eigenvalue weighted by Crippen LogP contribution is 2.15. The van der Waals surface area contributed by atoms with Gasteiger partial charge in [-0.05, 0) is 23.1 Å². The summed E-state index contributed by atoms with van der Waals surface area (Å²) in [5, 5.41) is 1.22. The molecule has 0 aliphatic carbocycles. The van der Waals surface area contributed by atoms with E-state index in [0.717, 1.165) is 5.56 Å². The summed E-state index contributed by atoms with van der Waals surface area (Å²) in [6.07, 6.45) is 2.57. The largest absolute Gasteiger partial charge is 0.347 e. The Labute approximate surface area is 130 Å². The third-order valence-electron chi connectivity index (χ3n) is 3.94. The number of carbonyl (C=O) groups is 1. The van der Waals surface area contributed by atoms with Crippen LogP contribution in [0.1, 0.15) is 12.0 Å². The van der Waals surface area contributed by atoms with Crippen LogP contribution in [-0.2, 0) is 17.9 Å². The number of fused-ring (bicyclic) bond motifs is 1. The molecule has 0 fully saturated rings. The van der Waals surface area contributed by atoms with Crippen molar-refractivity contribution in [2.75, 3.05) is 7.05 Å². The maximum absolute atomic E-state index is 12.3. The first-order valence-electron chi connectivity index (χ1n) is 7.56. The van der Waals surface area contributed by atoms with Gasteiger partial charge in [0.25, 0.3) is 0 Å². The molecule has 22 heavy (non-hydrogen) atoms. The quantitative estimate of drug-likeness (QED) is 0.704. The van der Waals surface area contributed by atoms with E-state index in [2.05, 4.69) is 29.0 Å². The Morgan fingerprint density at radius 3 is 2.55 bits per heavy atom. The predicted octanol–water partition coefficient (Wildman–Crippen LogP) is 3.69. The number of aromatic nitrogens is 1. The molecule has 0 unspecified atom stereocenters. The van der Waals surface area contributed by atoms with Crippen LogP contribution in [0.2, 0.25) is 0 Å².